The van der Waals surface area contributed by atoms with E-state index >= 15 is 0 Å². The van der Waals surface area contributed by atoms with Gasteiger partial charge in [-0.1, -0.05) is 205 Å². The van der Waals surface area contributed by atoms with Gasteiger partial charge in [0, 0.05) is 38.5 Å². The molecule has 92 heavy (non-hydrogen) atoms. The van der Waals surface area contributed by atoms with Crippen LogP contribution in [0.25, 0.3) is 0 Å². The topological polar surface area (TPSA) is 322 Å². The van der Waals surface area contributed by atoms with Crippen molar-refractivity contribution in [3.8, 4) is 0 Å². The van der Waals surface area contributed by atoms with Crippen LogP contribution in [0, 0.1) is 40.5 Å². The van der Waals surface area contributed by atoms with Crippen LogP contribution < -0.4 is 0 Å². The summed E-state index contributed by atoms with van der Waals surface area (Å²) in [6.07, 6.45) is 64.5. The van der Waals surface area contributed by atoms with Crippen LogP contribution in [0.1, 0.15) is 336 Å². The van der Waals surface area contributed by atoms with Crippen molar-refractivity contribution >= 4 is 23.9 Å². The Morgan fingerprint density at radius 3 is 0.761 bits per heavy atom. The molecule has 0 aliphatic carbocycles. The molecule has 0 aromatic carbocycles. The molecule has 0 saturated carbocycles. The maximum Gasteiger partial charge on any atom is 0.303 e. The van der Waals surface area contributed by atoms with Crippen LogP contribution in [0.5, 0.6) is 0 Å². The second-order valence-electron chi connectivity index (χ2n) is 23.3. The average molecular weight is 1300 g/mol. The fourth-order valence-corrected chi connectivity index (χ4v) is 9.19. The zero-order valence-electron chi connectivity index (χ0n) is 57.3. The van der Waals surface area contributed by atoms with Crippen LogP contribution in [-0.4, -0.2) is 64.0 Å². The predicted octanol–water partition coefficient (Wildman–Crippen LogP) is 22.0. The van der Waals surface area contributed by atoms with Crippen molar-refractivity contribution in [2.75, 3.05) is 0 Å². The molecule has 0 spiro atoms. The molecule has 0 atom stereocenters. The molecule has 20 heteroatoms. The van der Waals surface area contributed by atoms with Crippen molar-refractivity contribution in [3.05, 3.63) is 136 Å². The van der Waals surface area contributed by atoms with Gasteiger partial charge >= 0.3 is 23.9 Å². The molecule has 0 unspecified atom stereocenters. The van der Waals surface area contributed by atoms with E-state index in [2.05, 4.69) is 39.8 Å². The Kier molecular flexibility index (Phi) is 73.3. The fourth-order valence-electron chi connectivity index (χ4n) is 9.19. The standard InChI is InChI=1S/4C18H31NO4/c1-2-3-11-14-17(19(22)23)15-12-9-7-5-4-6-8-10-13-16-18(20)21;1-2-3-4-11-14-17(19(22)23)15-12-9-7-5-6-8-10-13-16-18(20)21;1-2-3-4-5-8-11-14-17(19(22)23)15-12-9-6-7-10-13-16-18(20)21;1-2-3-4-5-6-8-11-14-17(19(22)23)15-12-9-7-10-13-16-18(20)21/h7,9,15H,2-6,8,10-14,16H2,1H3,(H,20,21);9,12,14H,2-8,10-11,13,15-16H2,1H3,(H,20,21);8,11,15H,2-7,9-10,12-14,16H2,1H3,(H,20,21);6,8,14H,2-5,7,9-13,15-16H2,1H3,(H,20,21)/b9-7-,17-15+;12-9-,17-14+;11-8-,17-15+;8-6-,17-14+. The van der Waals surface area contributed by atoms with Gasteiger partial charge in [-0.2, -0.15) is 0 Å². The maximum absolute atomic E-state index is 11.0. The van der Waals surface area contributed by atoms with Crippen molar-refractivity contribution < 1.29 is 59.3 Å². The zero-order chi connectivity index (χ0) is 69.4. The minimum absolute atomic E-state index is 0.213. The number of nitro groups is 4. The molecule has 0 aliphatic heterocycles. The molecule has 0 bridgehead atoms. The Balaban J connectivity index is -0.000000561. The molecule has 0 saturated heterocycles. The largest absolute Gasteiger partial charge is 0.481 e. The van der Waals surface area contributed by atoms with E-state index in [0.717, 1.165) is 199 Å². The van der Waals surface area contributed by atoms with Crippen molar-refractivity contribution in [2.45, 2.75) is 336 Å². The maximum atomic E-state index is 11.0. The number of aliphatic carboxylic acids is 4. The number of rotatable bonds is 60. The average Bonchev–Trinajstić information content (AvgIpc) is 3.61. The Hall–Kier alpha value is -6.60. The molecule has 0 aromatic heterocycles. The highest BCUT2D eigenvalue weighted by Gasteiger charge is 2.12. The van der Waals surface area contributed by atoms with E-state index in [-0.39, 0.29) is 51.1 Å². The first-order valence-corrected chi connectivity index (χ1v) is 35.1. The minimum atomic E-state index is -0.758. The van der Waals surface area contributed by atoms with Gasteiger partial charge in [-0.15, -0.1) is 0 Å². The fraction of sp³-hybridized carbons (Fsp3) is 0.722. The lowest BCUT2D eigenvalue weighted by Gasteiger charge is -2.00. The van der Waals surface area contributed by atoms with Gasteiger partial charge in [0.1, 0.15) is 0 Å². The number of hydrogen-bond acceptors (Lipinski definition) is 12. The molecule has 4 N–H and O–H groups in total. The van der Waals surface area contributed by atoms with Crippen molar-refractivity contribution in [1.29, 1.82) is 0 Å². The summed E-state index contributed by atoms with van der Waals surface area (Å²) in [6.45, 7) is 8.53. The van der Waals surface area contributed by atoms with E-state index in [4.69, 9.17) is 20.4 Å². The third-order valence-corrected chi connectivity index (χ3v) is 14.7. The number of unbranched alkanes of at least 4 members (excludes halogenated alkanes) is 30. The van der Waals surface area contributed by atoms with Crippen LogP contribution in [0.4, 0.5) is 0 Å². The Labute approximate surface area is 553 Å². The summed E-state index contributed by atoms with van der Waals surface area (Å²) in [5.41, 5.74) is 1.21. The van der Waals surface area contributed by atoms with Gasteiger partial charge in [-0.05, 0) is 153 Å². The molecule has 0 radical (unpaired) electrons. The van der Waals surface area contributed by atoms with Gasteiger partial charge in [-0.3, -0.25) is 59.6 Å². The molecular weight excluding hydrogens is 1180 g/mol. The summed E-state index contributed by atoms with van der Waals surface area (Å²) >= 11 is 0. The van der Waals surface area contributed by atoms with E-state index in [1.165, 1.54) is 32.1 Å². The quantitative estimate of drug-likeness (QED) is 0.0190. The van der Waals surface area contributed by atoms with Gasteiger partial charge in [-0.25, -0.2) is 0 Å². The smallest absolute Gasteiger partial charge is 0.303 e. The normalized spacial score (nSPS) is 12.0. The molecular formula is C72H124N4O16. The lowest BCUT2D eigenvalue weighted by atomic mass is 10.1. The van der Waals surface area contributed by atoms with Crippen LogP contribution in [-0.2, 0) is 19.2 Å². The van der Waals surface area contributed by atoms with Gasteiger partial charge in [0.05, 0.1) is 32.5 Å². The molecule has 0 aliphatic rings. The zero-order valence-corrected chi connectivity index (χ0v) is 57.3. The van der Waals surface area contributed by atoms with E-state index in [1.807, 2.05) is 36.5 Å². The summed E-state index contributed by atoms with van der Waals surface area (Å²) in [4.78, 5) is 84.1. The van der Waals surface area contributed by atoms with Crippen LogP contribution >= 0.6 is 0 Å². The molecule has 0 heterocycles. The minimum Gasteiger partial charge on any atom is -0.481 e. The van der Waals surface area contributed by atoms with Crippen molar-refractivity contribution in [1.82, 2.24) is 0 Å². The first-order chi connectivity index (χ1) is 44.3. The summed E-state index contributed by atoms with van der Waals surface area (Å²) < 4.78 is 0. The van der Waals surface area contributed by atoms with Crippen molar-refractivity contribution in [2.24, 2.45) is 0 Å². The molecule has 0 rings (SSSR count). The Bertz CT molecular complexity index is 2150. The summed E-state index contributed by atoms with van der Waals surface area (Å²) in [5, 5.41) is 77.9. The Morgan fingerprint density at radius 2 is 0.478 bits per heavy atom. The van der Waals surface area contributed by atoms with Crippen molar-refractivity contribution in [3.63, 3.8) is 0 Å². The van der Waals surface area contributed by atoms with E-state index in [1.54, 1.807) is 24.3 Å². The van der Waals surface area contributed by atoms with E-state index in [9.17, 15) is 59.6 Å². The predicted molar refractivity (Wildman–Crippen MR) is 372 cm³/mol. The lowest BCUT2D eigenvalue weighted by molar-refractivity contribution is -0.428. The first kappa shape index (κ1) is 91.8. The van der Waals surface area contributed by atoms with E-state index < -0.39 is 23.9 Å². The highest BCUT2D eigenvalue weighted by molar-refractivity contribution is 5.67. The van der Waals surface area contributed by atoms with Gasteiger partial charge in [0.15, 0.2) is 0 Å². The second-order valence-corrected chi connectivity index (χ2v) is 23.3. The summed E-state index contributed by atoms with van der Waals surface area (Å²) in [5.74, 6) is -2.94. The van der Waals surface area contributed by atoms with E-state index in [0.29, 0.717) is 68.5 Å². The highest BCUT2D eigenvalue weighted by atomic mass is 16.6. The third kappa shape index (κ3) is 77.6. The lowest BCUT2D eigenvalue weighted by Crippen LogP contribution is -1.99. The van der Waals surface area contributed by atoms with Crippen LogP contribution in [0.3, 0.4) is 0 Å². The molecule has 20 nitrogen and oxygen atoms in total. The Morgan fingerprint density at radius 1 is 0.261 bits per heavy atom. The number of carbonyl (C=O) groups is 4. The van der Waals surface area contributed by atoms with Crippen LogP contribution in [0.2, 0.25) is 0 Å². The summed E-state index contributed by atoms with van der Waals surface area (Å²) in [6, 6.07) is 0. The molecule has 528 valence electrons. The number of hydrogen-bond donors (Lipinski definition) is 4. The summed E-state index contributed by atoms with van der Waals surface area (Å²) in [7, 11) is 0. The number of carboxylic acid groups (broad SMARTS) is 4. The van der Waals surface area contributed by atoms with Gasteiger partial charge in [0.2, 0.25) is 22.8 Å². The molecule has 0 fully saturated rings. The highest BCUT2D eigenvalue weighted by Crippen LogP contribution is 2.17. The second kappa shape index (κ2) is 73.5. The third-order valence-electron chi connectivity index (χ3n) is 14.7. The van der Waals surface area contributed by atoms with Crippen LogP contribution in [0.15, 0.2) is 95.7 Å². The van der Waals surface area contributed by atoms with Gasteiger partial charge in [0.25, 0.3) is 0 Å². The van der Waals surface area contributed by atoms with Gasteiger partial charge < -0.3 is 20.4 Å². The SMILES string of the molecule is CCCCC/C(=C\C/C=C\CCCCCCCC(=O)O)[N+](=O)[O-].CCCCC/C=C(\C/C=C\CCCCCCCC(=O)O)[N+](=O)[O-].CCCCC/C=C\C/C(=C\CCCCCCCC(=O)O)[N+](=O)[O-].CCCCC/C=C\C/C=C(\CCCCCCCC(=O)O)[N+](=O)[O-]. The number of allylic oxidation sites excluding steroid dienone is 14. The number of nitrogens with zero attached hydrogens (tertiary/aromatic N) is 4. The number of carboxylic acids is 4. The monoisotopic (exact) mass is 1300 g/mol. The molecule has 0 amide bonds. The molecule has 0 aromatic rings. The first-order valence-electron chi connectivity index (χ1n) is 35.1.